The minimum atomic E-state index is 0.600. The molecule has 0 aromatic carbocycles. The van der Waals surface area contributed by atoms with Gasteiger partial charge in [0.05, 0.1) is 12.8 Å². The van der Waals surface area contributed by atoms with Crippen LogP contribution in [-0.4, -0.2) is 23.6 Å². The Bertz CT molecular complexity index is 337. The molecule has 82 valence electrons. The molecule has 0 aliphatic heterocycles. The molecule has 1 heterocycles. The zero-order valence-corrected chi connectivity index (χ0v) is 9.07. The highest BCUT2D eigenvalue weighted by Crippen LogP contribution is 2.38. The summed E-state index contributed by atoms with van der Waals surface area (Å²) in [6, 6.07) is 0. The van der Waals surface area contributed by atoms with Crippen molar-refractivity contribution in [1.82, 2.24) is 9.97 Å². The second kappa shape index (κ2) is 4.57. The molecule has 1 aromatic heterocycles. The molecule has 1 aromatic rings. The van der Waals surface area contributed by atoms with Crippen molar-refractivity contribution >= 4 is 0 Å². The zero-order chi connectivity index (χ0) is 10.7. The summed E-state index contributed by atoms with van der Waals surface area (Å²) in [6.45, 7) is 0.615. The third-order valence-electron chi connectivity index (χ3n) is 3.02. The molecular weight excluding hydrogens is 190 g/mol. The highest BCUT2D eigenvalue weighted by atomic mass is 16.5. The average molecular weight is 207 g/mol. The highest BCUT2D eigenvalue weighted by molar-refractivity contribution is 5.33. The average Bonchev–Trinajstić information content (AvgIpc) is 2.18. The van der Waals surface area contributed by atoms with Crippen molar-refractivity contribution < 1.29 is 4.74 Å². The van der Waals surface area contributed by atoms with E-state index in [0.29, 0.717) is 18.3 Å². The maximum absolute atomic E-state index is 5.60. The molecule has 0 amide bonds. The van der Waals surface area contributed by atoms with Crippen molar-refractivity contribution in [2.75, 3.05) is 13.7 Å². The SMILES string of the molecule is COc1ncnc(C2CCC2)c1CCN. The van der Waals surface area contributed by atoms with E-state index in [0.717, 1.165) is 17.7 Å². The fraction of sp³-hybridized carbons (Fsp3) is 0.636. The summed E-state index contributed by atoms with van der Waals surface area (Å²) in [5.41, 5.74) is 7.86. The van der Waals surface area contributed by atoms with E-state index in [-0.39, 0.29) is 0 Å². The lowest BCUT2D eigenvalue weighted by atomic mass is 9.81. The van der Waals surface area contributed by atoms with Gasteiger partial charge in [-0.15, -0.1) is 0 Å². The first-order valence-electron chi connectivity index (χ1n) is 5.44. The topological polar surface area (TPSA) is 61.0 Å². The van der Waals surface area contributed by atoms with Crippen LogP contribution in [0.3, 0.4) is 0 Å². The Balaban J connectivity index is 2.33. The Morgan fingerprint density at radius 2 is 2.27 bits per heavy atom. The van der Waals surface area contributed by atoms with Gasteiger partial charge in [-0.2, -0.15) is 0 Å². The van der Waals surface area contributed by atoms with E-state index in [9.17, 15) is 0 Å². The minimum Gasteiger partial charge on any atom is -0.481 e. The van der Waals surface area contributed by atoms with Crippen molar-refractivity contribution in [3.63, 3.8) is 0 Å². The molecular formula is C11H17N3O. The maximum atomic E-state index is 5.60. The van der Waals surface area contributed by atoms with Gasteiger partial charge in [-0.05, 0) is 25.8 Å². The minimum absolute atomic E-state index is 0.600. The molecule has 2 N–H and O–H groups in total. The number of ether oxygens (including phenoxy) is 1. The van der Waals surface area contributed by atoms with Gasteiger partial charge in [0.25, 0.3) is 0 Å². The fourth-order valence-corrected chi connectivity index (χ4v) is 2.00. The number of nitrogens with zero attached hydrogens (tertiary/aromatic N) is 2. The van der Waals surface area contributed by atoms with Crippen LogP contribution in [0.15, 0.2) is 6.33 Å². The quantitative estimate of drug-likeness (QED) is 0.807. The van der Waals surface area contributed by atoms with Gasteiger partial charge >= 0.3 is 0 Å². The van der Waals surface area contributed by atoms with Gasteiger partial charge in [0.1, 0.15) is 6.33 Å². The smallest absolute Gasteiger partial charge is 0.219 e. The largest absolute Gasteiger partial charge is 0.481 e. The van der Waals surface area contributed by atoms with Crippen molar-refractivity contribution in [3.05, 3.63) is 17.6 Å². The van der Waals surface area contributed by atoms with Crippen molar-refractivity contribution in [1.29, 1.82) is 0 Å². The second-order valence-corrected chi connectivity index (χ2v) is 3.91. The predicted molar refractivity (Wildman–Crippen MR) is 57.9 cm³/mol. The van der Waals surface area contributed by atoms with Crippen molar-refractivity contribution in [3.8, 4) is 5.88 Å². The van der Waals surface area contributed by atoms with E-state index in [2.05, 4.69) is 9.97 Å². The van der Waals surface area contributed by atoms with Crippen LogP contribution in [0.5, 0.6) is 5.88 Å². The lowest BCUT2D eigenvalue weighted by molar-refractivity contribution is 0.376. The summed E-state index contributed by atoms with van der Waals surface area (Å²) >= 11 is 0. The van der Waals surface area contributed by atoms with Crippen molar-refractivity contribution in [2.45, 2.75) is 31.6 Å². The summed E-state index contributed by atoms with van der Waals surface area (Å²) in [5, 5.41) is 0. The van der Waals surface area contributed by atoms with E-state index in [4.69, 9.17) is 10.5 Å². The number of methoxy groups -OCH3 is 1. The predicted octanol–water partition coefficient (Wildman–Crippen LogP) is 1.25. The molecule has 0 unspecified atom stereocenters. The number of rotatable bonds is 4. The second-order valence-electron chi connectivity index (χ2n) is 3.91. The van der Waals surface area contributed by atoms with Crippen LogP contribution in [0.1, 0.15) is 36.4 Å². The Hall–Kier alpha value is -1.16. The lowest BCUT2D eigenvalue weighted by Gasteiger charge is -2.27. The summed E-state index contributed by atoms with van der Waals surface area (Å²) in [4.78, 5) is 8.51. The molecule has 4 nitrogen and oxygen atoms in total. The molecule has 0 radical (unpaired) electrons. The van der Waals surface area contributed by atoms with Crippen LogP contribution < -0.4 is 10.5 Å². The Morgan fingerprint density at radius 3 is 2.80 bits per heavy atom. The Labute approximate surface area is 89.9 Å². The monoisotopic (exact) mass is 207 g/mol. The molecule has 1 aliphatic carbocycles. The van der Waals surface area contributed by atoms with Crippen LogP contribution >= 0.6 is 0 Å². The fourth-order valence-electron chi connectivity index (χ4n) is 2.00. The molecule has 0 spiro atoms. The normalized spacial score (nSPS) is 16.1. The van der Waals surface area contributed by atoms with Crippen LogP contribution in [-0.2, 0) is 6.42 Å². The van der Waals surface area contributed by atoms with Crippen LogP contribution in [0.4, 0.5) is 0 Å². The van der Waals surface area contributed by atoms with E-state index in [1.807, 2.05) is 0 Å². The zero-order valence-electron chi connectivity index (χ0n) is 9.07. The summed E-state index contributed by atoms with van der Waals surface area (Å²) < 4.78 is 5.25. The standard InChI is InChI=1S/C11H17N3O/c1-15-11-9(5-6-12)10(13-7-14-11)8-3-2-4-8/h7-8H,2-6,12H2,1H3. The van der Waals surface area contributed by atoms with E-state index in [1.54, 1.807) is 13.4 Å². The van der Waals surface area contributed by atoms with Crippen LogP contribution in [0, 0.1) is 0 Å². The van der Waals surface area contributed by atoms with Gasteiger partial charge in [0, 0.05) is 11.5 Å². The summed E-state index contributed by atoms with van der Waals surface area (Å²) in [7, 11) is 1.65. The summed E-state index contributed by atoms with van der Waals surface area (Å²) in [6.07, 6.45) is 6.16. The van der Waals surface area contributed by atoms with Gasteiger partial charge in [-0.25, -0.2) is 9.97 Å². The van der Waals surface area contributed by atoms with Gasteiger partial charge in [-0.1, -0.05) is 6.42 Å². The molecule has 0 saturated heterocycles. The first kappa shape index (κ1) is 10.4. The van der Waals surface area contributed by atoms with E-state index >= 15 is 0 Å². The van der Waals surface area contributed by atoms with E-state index < -0.39 is 0 Å². The Kier molecular flexibility index (Phi) is 3.16. The number of hydrogen-bond acceptors (Lipinski definition) is 4. The molecule has 1 fully saturated rings. The Morgan fingerprint density at radius 1 is 1.47 bits per heavy atom. The van der Waals surface area contributed by atoms with Crippen LogP contribution in [0.2, 0.25) is 0 Å². The van der Waals surface area contributed by atoms with Gasteiger partial charge in [0.15, 0.2) is 0 Å². The van der Waals surface area contributed by atoms with Crippen molar-refractivity contribution in [2.24, 2.45) is 5.73 Å². The third-order valence-corrected chi connectivity index (χ3v) is 3.02. The van der Waals surface area contributed by atoms with Gasteiger partial charge in [0.2, 0.25) is 5.88 Å². The van der Waals surface area contributed by atoms with Gasteiger partial charge < -0.3 is 10.5 Å². The lowest BCUT2D eigenvalue weighted by Crippen LogP contribution is -2.16. The van der Waals surface area contributed by atoms with Crippen LogP contribution in [0.25, 0.3) is 0 Å². The first-order valence-corrected chi connectivity index (χ1v) is 5.44. The maximum Gasteiger partial charge on any atom is 0.219 e. The molecule has 2 rings (SSSR count). The molecule has 1 aliphatic rings. The molecule has 0 bridgehead atoms. The molecule has 4 heteroatoms. The first-order chi connectivity index (χ1) is 7.36. The van der Waals surface area contributed by atoms with E-state index in [1.165, 1.54) is 19.3 Å². The van der Waals surface area contributed by atoms with Gasteiger partial charge in [-0.3, -0.25) is 0 Å². The highest BCUT2D eigenvalue weighted by Gasteiger charge is 2.25. The molecule has 15 heavy (non-hydrogen) atoms. The number of aromatic nitrogens is 2. The third kappa shape index (κ3) is 1.95. The molecule has 1 saturated carbocycles. The molecule has 0 atom stereocenters. The summed E-state index contributed by atoms with van der Waals surface area (Å²) in [5.74, 6) is 1.29. The number of nitrogens with two attached hydrogens (primary N) is 1. The number of hydrogen-bond donors (Lipinski definition) is 1.